The van der Waals surface area contributed by atoms with E-state index in [0.717, 1.165) is 70.6 Å². The second-order valence-corrected chi connectivity index (χ2v) is 13.1. The van der Waals surface area contributed by atoms with Crippen LogP contribution in [-0.4, -0.2) is 23.1 Å². The molecular formula is C40H74O4. The minimum Gasteiger partial charge on any atom is -0.481 e. The summed E-state index contributed by atoms with van der Waals surface area (Å²) in [4.78, 5) is 23.3. The van der Waals surface area contributed by atoms with E-state index in [1.54, 1.807) is 0 Å². The second kappa shape index (κ2) is 35.9. The molecule has 0 aliphatic carbocycles. The number of hydrogen-bond acceptors (Lipinski definition) is 3. The summed E-state index contributed by atoms with van der Waals surface area (Å²) in [7, 11) is 0. The van der Waals surface area contributed by atoms with Gasteiger partial charge in [-0.05, 0) is 83.5 Å². The molecule has 0 aromatic heterocycles. The Hall–Kier alpha value is -1.58. The van der Waals surface area contributed by atoms with Gasteiger partial charge in [-0.2, -0.15) is 0 Å². The minimum atomic E-state index is -0.704. The summed E-state index contributed by atoms with van der Waals surface area (Å²) in [5.41, 5.74) is 0. The number of carboxylic acids is 1. The highest BCUT2D eigenvalue weighted by Crippen LogP contribution is 2.18. The number of hydrogen-bond donors (Lipinski definition) is 1. The fourth-order valence-corrected chi connectivity index (χ4v) is 5.77. The zero-order valence-corrected chi connectivity index (χ0v) is 29.5. The Morgan fingerprint density at radius 2 is 0.841 bits per heavy atom. The van der Waals surface area contributed by atoms with E-state index in [2.05, 4.69) is 38.2 Å². The third-order valence-corrected chi connectivity index (χ3v) is 8.65. The number of carboxylic acid groups (broad SMARTS) is 1. The molecule has 4 nitrogen and oxygen atoms in total. The van der Waals surface area contributed by atoms with Gasteiger partial charge in [0.2, 0.25) is 0 Å². The molecule has 4 heteroatoms. The van der Waals surface area contributed by atoms with Crippen LogP contribution in [0.2, 0.25) is 0 Å². The van der Waals surface area contributed by atoms with Crippen molar-refractivity contribution in [2.45, 2.75) is 219 Å². The van der Waals surface area contributed by atoms with Crippen molar-refractivity contribution in [1.29, 1.82) is 0 Å². The van der Waals surface area contributed by atoms with Crippen LogP contribution in [0.4, 0.5) is 0 Å². The van der Waals surface area contributed by atoms with Crippen LogP contribution in [0.1, 0.15) is 213 Å². The topological polar surface area (TPSA) is 63.6 Å². The Morgan fingerprint density at radius 3 is 1.32 bits per heavy atom. The van der Waals surface area contributed by atoms with Gasteiger partial charge in [0.15, 0.2) is 0 Å². The van der Waals surface area contributed by atoms with Gasteiger partial charge < -0.3 is 9.84 Å². The molecule has 0 aromatic carbocycles. The predicted octanol–water partition coefficient (Wildman–Crippen LogP) is 13.2. The van der Waals surface area contributed by atoms with Crippen LogP contribution in [0.25, 0.3) is 0 Å². The molecule has 0 saturated carbocycles. The largest absolute Gasteiger partial charge is 0.481 e. The first-order chi connectivity index (χ1) is 21.6. The standard InChI is InChI=1S/C40H74O4/c1-3-5-7-9-11-13-15-16-17-18-20-22-24-29-33-37-40(43)44-38(35-31-27-25-28-32-36-39(41)42)34-30-26-23-21-19-14-12-10-8-6-4-2/h16-17,21,23,38H,3-15,18-20,22,24-37H2,1-2H3,(H,41,42)/b17-16-,23-21-. The summed E-state index contributed by atoms with van der Waals surface area (Å²) < 4.78 is 5.97. The molecule has 0 radical (unpaired) electrons. The summed E-state index contributed by atoms with van der Waals surface area (Å²) in [6.07, 6.45) is 44.8. The molecule has 0 aliphatic heterocycles. The van der Waals surface area contributed by atoms with Crippen molar-refractivity contribution < 1.29 is 19.4 Å². The minimum absolute atomic E-state index is 0.0206. The maximum atomic E-state index is 12.6. The average Bonchev–Trinajstić information content (AvgIpc) is 3.00. The normalized spacial score (nSPS) is 12.4. The molecule has 44 heavy (non-hydrogen) atoms. The Labute approximate surface area is 274 Å². The number of ether oxygens (including phenoxy) is 1. The molecule has 0 amide bonds. The maximum Gasteiger partial charge on any atom is 0.306 e. The summed E-state index contributed by atoms with van der Waals surface area (Å²) >= 11 is 0. The Morgan fingerprint density at radius 1 is 0.477 bits per heavy atom. The molecule has 0 spiro atoms. The van der Waals surface area contributed by atoms with Crippen LogP contribution in [0, 0.1) is 0 Å². The highest BCUT2D eigenvalue weighted by atomic mass is 16.5. The van der Waals surface area contributed by atoms with Crippen LogP contribution >= 0.6 is 0 Å². The van der Waals surface area contributed by atoms with E-state index >= 15 is 0 Å². The molecule has 258 valence electrons. The van der Waals surface area contributed by atoms with Crippen molar-refractivity contribution in [3.05, 3.63) is 24.3 Å². The van der Waals surface area contributed by atoms with Crippen molar-refractivity contribution >= 4 is 11.9 Å². The molecule has 0 bridgehead atoms. The number of aliphatic carboxylic acids is 1. The molecule has 0 fully saturated rings. The molecule has 0 heterocycles. The van der Waals surface area contributed by atoms with Gasteiger partial charge in [-0.15, -0.1) is 0 Å². The van der Waals surface area contributed by atoms with Crippen molar-refractivity contribution in [1.82, 2.24) is 0 Å². The van der Waals surface area contributed by atoms with Gasteiger partial charge in [0.1, 0.15) is 6.10 Å². The zero-order valence-electron chi connectivity index (χ0n) is 29.5. The number of rotatable bonds is 35. The Kier molecular flexibility index (Phi) is 34.6. The number of allylic oxidation sites excluding steroid dienone is 4. The third kappa shape index (κ3) is 34.9. The maximum absolute atomic E-state index is 12.6. The van der Waals surface area contributed by atoms with Crippen molar-refractivity contribution in [3.8, 4) is 0 Å². The fraction of sp³-hybridized carbons (Fsp3) is 0.850. The smallest absolute Gasteiger partial charge is 0.306 e. The quantitative estimate of drug-likeness (QED) is 0.0436. The van der Waals surface area contributed by atoms with E-state index < -0.39 is 5.97 Å². The lowest BCUT2D eigenvalue weighted by Crippen LogP contribution is -2.18. The summed E-state index contributed by atoms with van der Waals surface area (Å²) in [6, 6.07) is 0. The number of esters is 1. The fourth-order valence-electron chi connectivity index (χ4n) is 5.77. The Balaban J connectivity index is 4.07. The first-order valence-corrected chi connectivity index (χ1v) is 19.3. The number of unbranched alkanes of at least 4 members (excludes halogenated alkanes) is 22. The number of carbonyl (C=O) groups is 2. The number of carbonyl (C=O) groups excluding carboxylic acids is 1. The van der Waals surface area contributed by atoms with Gasteiger partial charge in [0, 0.05) is 12.8 Å². The van der Waals surface area contributed by atoms with Crippen LogP contribution in [0.3, 0.4) is 0 Å². The summed E-state index contributed by atoms with van der Waals surface area (Å²) in [6.45, 7) is 4.53. The molecular weight excluding hydrogens is 544 g/mol. The molecule has 0 saturated heterocycles. The summed E-state index contributed by atoms with van der Waals surface area (Å²) in [5.74, 6) is -0.725. The van der Waals surface area contributed by atoms with E-state index in [4.69, 9.17) is 9.84 Å². The van der Waals surface area contributed by atoms with E-state index in [0.29, 0.717) is 6.42 Å². The van der Waals surface area contributed by atoms with Gasteiger partial charge in [-0.25, -0.2) is 0 Å². The molecule has 0 aromatic rings. The van der Waals surface area contributed by atoms with Gasteiger partial charge in [0.25, 0.3) is 0 Å². The van der Waals surface area contributed by atoms with Gasteiger partial charge in [-0.3, -0.25) is 9.59 Å². The summed E-state index contributed by atoms with van der Waals surface area (Å²) in [5, 5.41) is 8.80. The Bertz CT molecular complexity index is 668. The highest BCUT2D eigenvalue weighted by Gasteiger charge is 2.14. The van der Waals surface area contributed by atoms with Crippen LogP contribution < -0.4 is 0 Å². The molecule has 0 rings (SSSR count). The SMILES string of the molecule is CCCCCCCC/C=C\CCCCCCCC(=O)OC(CCC/C=C\CCCCCCCC)CCCCCCCC(=O)O. The average molecular weight is 619 g/mol. The van der Waals surface area contributed by atoms with Crippen LogP contribution in [-0.2, 0) is 14.3 Å². The van der Waals surface area contributed by atoms with E-state index in [9.17, 15) is 9.59 Å². The van der Waals surface area contributed by atoms with E-state index in [-0.39, 0.29) is 18.5 Å². The zero-order chi connectivity index (χ0) is 32.2. The highest BCUT2D eigenvalue weighted by molar-refractivity contribution is 5.69. The van der Waals surface area contributed by atoms with Gasteiger partial charge >= 0.3 is 11.9 Å². The van der Waals surface area contributed by atoms with Crippen molar-refractivity contribution in [2.24, 2.45) is 0 Å². The van der Waals surface area contributed by atoms with Crippen LogP contribution in [0.5, 0.6) is 0 Å². The van der Waals surface area contributed by atoms with E-state index in [1.807, 2.05) is 0 Å². The lowest BCUT2D eigenvalue weighted by Gasteiger charge is -2.18. The molecule has 1 atom stereocenters. The van der Waals surface area contributed by atoms with Crippen molar-refractivity contribution in [2.75, 3.05) is 0 Å². The molecule has 1 N–H and O–H groups in total. The molecule has 1 unspecified atom stereocenters. The monoisotopic (exact) mass is 619 g/mol. The van der Waals surface area contributed by atoms with E-state index in [1.165, 1.54) is 116 Å². The lowest BCUT2D eigenvalue weighted by atomic mass is 10.0. The van der Waals surface area contributed by atoms with Crippen molar-refractivity contribution in [3.63, 3.8) is 0 Å². The predicted molar refractivity (Wildman–Crippen MR) is 190 cm³/mol. The lowest BCUT2D eigenvalue weighted by molar-refractivity contribution is -0.150. The van der Waals surface area contributed by atoms with Gasteiger partial charge in [-0.1, -0.05) is 141 Å². The van der Waals surface area contributed by atoms with Gasteiger partial charge in [0.05, 0.1) is 0 Å². The van der Waals surface area contributed by atoms with Crippen LogP contribution in [0.15, 0.2) is 24.3 Å². The molecule has 0 aliphatic rings. The first-order valence-electron chi connectivity index (χ1n) is 19.3. The third-order valence-electron chi connectivity index (χ3n) is 8.65. The second-order valence-electron chi connectivity index (χ2n) is 13.1. The first kappa shape index (κ1) is 42.4.